The van der Waals surface area contributed by atoms with E-state index < -0.39 is 26.0 Å². The number of hydrogen-bond acceptors (Lipinski definition) is 14. The third-order valence-corrected chi connectivity index (χ3v) is 21.5. The molecule has 0 spiro atoms. The molecular formula is C80H98N12O8S2. The molecule has 0 fully saturated rings. The molecule has 0 aliphatic carbocycles. The summed E-state index contributed by atoms with van der Waals surface area (Å²) >= 11 is 0. The van der Waals surface area contributed by atoms with Crippen molar-refractivity contribution in [3.63, 3.8) is 0 Å². The number of carboxylic acid groups (broad SMARTS) is 1. The fourth-order valence-corrected chi connectivity index (χ4v) is 14.3. The van der Waals surface area contributed by atoms with Crippen molar-refractivity contribution >= 4 is 70.5 Å². The van der Waals surface area contributed by atoms with Crippen LogP contribution in [0, 0.1) is 13.8 Å². The average Bonchev–Trinajstić information content (AvgIpc) is 1.59. The van der Waals surface area contributed by atoms with E-state index >= 15 is 0 Å². The Bertz CT molecular complexity index is 4720. The molecule has 11 aromatic rings. The third-order valence-electron chi connectivity index (χ3n) is 18.3. The highest BCUT2D eigenvalue weighted by molar-refractivity contribution is 7.90. The zero-order valence-corrected chi connectivity index (χ0v) is 61.9. The number of carbonyl (C=O) groups is 3. The number of nitrogens with one attached hydrogen (secondary N) is 3. The van der Waals surface area contributed by atoms with Gasteiger partial charge in [-0.25, -0.2) is 0 Å². The predicted molar refractivity (Wildman–Crippen MR) is 408 cm³/mol. The number of fused-ring (bicyclic) bond motifs is 3. The first-order valence-electron chi connectivity index (χ1n) is 34.3. The van der Waals surface area contributed by atoms with Gasteiger partial charge >= 0.3 is 5.97 Å². The van der Waals surface area contributed by atoms with E-state index in [0.29, 0.717) is 49.9 Å². The molecule has 0 saturated carbocycles. The number of carbonyl (C=O) groups excluding carboxylic acids is 2. The highest BCUT2D eigenvalue weighted by atomic mass is 32.2. The Morgan fingerprint density at radius 2 is 0.824 bits per heavy atom. The largest absolute Gasteiger partial charge is 0.481 e. The number of nitrogens with zero attached hydrogens (tertiary/aromatic N) is 8. The Morgan fingerprint density at radius 3 is 1.19 bits per heavy atom. The highest BCUT2D eigenvalue weighted by Gasteiger charge is 2.24. The molecule has 3 heterocycles. The maximum absolute atomic E-state index is 13.1. The first kappa shape index (κ1) is 78.0. The van der Waals surface area contributed by atoms with Crippen LogP contribution >= 0.6 is 0 Å². The summed E-state index contributed by atoms with van der Waals surface area (Å²) in [6, 6.07) is 61.8. The van der Waals surface area contributed by atoms with Gasteiger partial charge in [-0.2, -0.15) is 40.3 Å². The van der Waals surface area contributed by atoms with Gasteiger partial charge in [0, 0.05) is 66.8 Å². The van der Waals surface area contributed by atoms with Crippen molar-refractivity contribution < 1.29 is 36.3 Å². The van der Waals surface area contributed by atoms with Gasteiger partial charge < -0.3 is 36.2 Å². The monoisotopic (exact) mass is 1420 g/mol. The Morgan fingerprint density at radius 1 is 0.471 bits per heavy atom. The molecule has 6 atom stereocenters. The van der Waals surface area contributed by atoms with Crippen molar-refractivity contribution in [2.45, 2.75) is 119 Å². The third kappa shape index (κ3) is 21.9. The Hall–Kier alpha value is -9.68. The lowest BCUT2D eigenvalue weighted by Gasteiger charge is -2.25. The fourth-order valence-electron chi connectivity index (χ4n) is 11.8. The number of amides is 2. The fraction of sp³-hybridized carbons (Fsp3) is 0.325. The van der Waals surface area contributed by atoms with Gasteiger partial charge in [-0.15, -0.1) is 0 Å². The van der Waals surface area contributed by atoms with Crippen LogP contribution < -0.4 is 16.4 Å². The van der Waals surface area contributed by atoms with E-state index in [2.05, 4.69) is 104 Å². The lowest BCUT2D eigenvalue weighted by molar-refractivity contribution is -0.137. The van der Waals surface area contributed by atoms with E-state index in [0.717, 1.165) is 76.1 Å². The van der Waals surface area contributed by atoms with Gasteiger partial charge in [-0.1, -0.05) is 165 Å². The molecule has 22 heteroatoms. The van der Waals surface area contributed by atoms with Crippen molar-refractivity contribution in [2.24, 2.45) is 5.73 Å². The number of hydrogen-bond donors (Lipinski definition) is 5. The number of nitrogens with two attached hydrogens (primary N) is 1. The van der Waals surface area contributed by atoms with Crippen molar-refractivity contribution in [2.75, 3.05) is 61.9 Å². The topological polar surface area (TPSA) is 264 Å². The van der Waals surface area contributed by atoms with E-state index in [9.17, 15) is 31.2 Å². The Labute approximate surface area is 601 Å². The number of aromatic amines is 1. The minimum atomic E-state index is -3.79. The molecule has 0 radical (unpaired) electrons. The molecule has 8 aromatic carbocycles. The summed E-state index contributed by atoms with van der Waals surface area (Å²) in [6.07, 6.45) is 8.54. The first-order valence-corrected chi connectivity index (χ1v) is 37.2. The van der Waals surface area contributed by atoms with E-state index in [-0.39, 0.29) is 63.9 Å². The summed E-state index contributed by atoms with van der Waals surface area (Å²) in [5, 5.41) is 32.8. The number of aromatic nitrogens is 6. The molecule has 538 valence electrons. The number of aryl methyl sites for hydroxylation is 2. The van der Waals surface area contributed by atoms with Crippen LogP contribution in [0.1, 0.15) is 102 Å². The van der Waals surface area contributed by atoms with Crippen molar-refractivity contribution in [1.82, 2.24) is 53.9 Å². The van der Waals surface area contributed by atoms with Crippen molar-refractivity contribution in [1.29, 1.82) is 0 Å². The zero-order valence-electron chi connectivity index (χ0n) is 60.3. The molecule has 0 unspecified atom stereocenters. The maximum atomic E-state index is 13.1. The molecule has 0 saturated heterocycles. The van der Waals surface area contributed by atoms with Crippen LogP contribution in [0.5, 0.6) is 0 Å². The van der Waals surface area contributed by atoms with Crippen molar-refractivity contribution in [3.05, 3.63) is 257 Å². The average molecular weight is 1420 g/mol. The predicted octanol–water partition coefficient (Wildman–Crippen LogP) is 12.0. The summed E-state index contributed by atoms with van der Waals surface area (Å²) in [5.41, 5.74) is 16.8. The normalized spacial score (nSPS) is 13.4. The second kappa shape index (κ2) is 36.8. The SMILES string of the molecule is C[C@H](CC(=O)NC[C@H](Cc1ccc2[nH]ncc2c1)N(C)C)c1ccccc1.C[C@H](CC(=O)O)c1ccccc1.Cc1ccc(S(=O)(=O)n2ncc3cc(C[C@@H](CN)N(C)C)ccc32)cc1.Cc1ccc(S(=O)(=O)n2ncc3cc(C[C@@H](CNC(=O)C[C@@H](C)c4ccccc4)N(C)C)ccc32)cc1. The molecule has 11 rings (SSSR count). The highest BCUT2D eigenvalue weighted by Crippen LogP contribution is 2.27. The smallest absolute Gasteiger partial charge is 0.303 e. The summed E-state index contributed by atoms with van der Waals surface area (Å²) in [6.45, 7) is 11.6. The van der Waals surface area contributed by atoms with Crippen LogP contribution in [0.2, 0.25) is 0 Å². The molecule has 102 heavy (non-hydrogen) atoms. The van der Waals surface area contributed by atoms with Crippen LogP contribution in [0.15, 0.2) is 223 Å². The lowest BCUT2D eigenvalue weighted by atomic mass is 9.97. The summed E-state index contributed by atoms with van der Waals surface area (Å²) in [5.74, 6) is -0.151. The van der Waals surface area contributed by atoms with Crippen LogP contribution in [0.3, 0.4) is 0 Å². The molecule has 3 aromatic heterocycles. The first-order chi connectivity index (χ1) is 48.7. The van der Waals surface area contributed by atoms with E-state index in [1.165, 1.54) is 11.1 Å². The quantitative estimate of drug-likeness (QED) is 0.0320. The van der Waals surface area contributed by atoms with Gasteiger partial charge in [0.1, 0.15) is 0 Å². The number of rotatable bonds is 27. The van der Waals surface area contributed by atoms with Crippen LogP contribution in [0.25, 0.3) is 32.7 Å². The van der Waals surface area contributed by atoms with Gasteiger partial charge in [0.15, 0.2) is 0 Å². The van der Waals surface area contributed by atoms with E-state index in [1.54, 1.807) is 67.0 Å². The van der Waals surface area contributed by atoms with Gasteiger partial charge in [0.25, 0.3) is 20.0 Å². The minimum Gasteiger partial charge on any atom is -0.481 e. The van der Waals surface area contributed by atoms with Gasteiger partial charge in [-0.05, 0) is 187 Å². The van der Waals surface area contributed by atoms with Crippen LogP contribution in [-0.2, 0) is 53.7 Å². The molecule has 0 aliphatic rings. The van der Waals surface area contributed by atoms with Gasteiger partial charge in [0.05, 0.1) is 51.4 Å². The van der Waals surface area contributed by atoms with Crippen LogP contribution in [-0.4, -0.2) is 163 Å². The number of aliphatic carboxylic acids is 1. The second-order valence-corrected chi connectivity index (χ2v) is 30.5. The van der Waals surface area contributed by atoms with Crippen molar-refractivity contribution in [3.8, 4) is 0 Å². The van der Waals surface area contributed by atoms with Gasteiger partial charge in [-0.3, -0.25) is 19.5 Å². The number of likely N-dealkylation sites (N-methyl/N-ethyl adjacent to an activating group) is 3. The molecule has 0 bridgehead atoms. The van der Waals surface area contributed by atoms with E-state index in [4.69, 9.17) is 10.8 Å². The summed E-state index contributed by atoms with van der Waals surface area (Å²) < 4.78 is 54.3. The zero-order chi connectivity index (χ0) is 73.7. The van der Waals surface area contributed by atoms with E-state index in [1.807, 2.05) is 164 Å². The Balaban J connectivity index is 0.000000182. The molecule has 6 N–H and O–H groups in total. The number of benzene rings is 8. The minimum absolute atomic E-state index is 0.0289. The molecule has 0 aliphatic heterocycles. The standard InChI is InChI=1S/C29H34N4O3S.C22H28N4O.C19H24N4O2S.C10H12O2/c1-21-10-13-27(14-11-21)37(35,36)33-28-15-12-23(17-25(28)19-31-33)18-26(32(3)4)20-30-29(34)16-22(2)24-8-6-5-7-9-24;1-16(18-7-5-4-6-8-18)11-22(27)23-15-20(26(2)3)13-17-9-10-21-19(12-17)14-24-25-21;1-14-4-7-18(8-5-14)26(24,25)23-19-9-6-15(10-16(19)13-21-23)11-17(12-20)22(2)3;1-8(7-10(11)12)9-5-3-2-4-6-9/h5-15,17,19,22,26H,16,18,20H2,1-4H3,(H,30,34);4-10,12,14,16,20H,11,13,15H2,1-3H3,(H,23,27)(H,24,25);4-10,13,17H,11-12,20H2,1-3H3;2-6,8H,7H2,1H3,(H,11,12)/t22-,26+;16-,20+;17-;8-/m1101/s1. The number of carboxylic acids is 1. The number of H-pyrrole nitrogens is 1. The summed E-state index contributed by atoms with van der Waals surface area (Å²) in [7, 11) is 4.60. The Kier molecular flexibility index (Phi) is 28.1. The van der Waals surface area contributed by atoms with Crippen LogP contribution in [0.4, 0.5) is 0 Å². The molecular weight excluding hydrogens is 1320 g/mol. The molecule has 20 nitrogen and oxygen atoms in total. The lowest BCUT2D eigenvalue weighted by Crippen LogP contribution is -2.41. The summed E-state index contributed by atoms with van der Waals surface area (Å²) in [4.78, 5) is 42.2. The van der Waals surface area contributed by atoms with Gasteiger partial charge in [0.2, 0.25) is 11.8 Å². The molecule has 2 amide bonds. The second-order valence-electron chi connectivity index (χ2n) is 26.9. The maximum Gasteiger partial charge on any atom is 0.303 e.